The number of rotatable bonds is 7. The molecule has 1 aromatic heterocycles. The lowest BCUT2D eigenvalue weighted by molar-refractivity contribution is 0.0376. The van der Waals surface area contributed by atoms with Gasteiger partial charge in [0.1, 0.15) is 11.3 Å². The summed E-state index contributed by atoms with van der Waals surface area (Å²) in [7, 11) is 1.24. The molecular formula is C23H23F2N3O4S. The highest BCUT2D eigenvalue weighted by molar-refractivity contribution is 7.22. The fourth-order valence-corrected chi connectivity index (χ4v) is 4.75. The van der Waals surface area contributed by atoms with Gasteiger partial charge < -0.3 is 9.47 Å². The normalized spacial score (nSPS) is 14.4. The van der Waals surface area contributed by atoms with Crippen molar-refractivity contribution >= 4 is 38.6 Å². The van der Waals surface area contributed by atoms with Crippen LogP contribution in [0.2, 0.25) is 0 Å². The van der Waals surface area contributed by atoms with E-state index in [1.807, 2.05) is 0 Å². The average Bonchev–Trinajstić information content (AvgIpc) is 3.25. The molecule has 0 saturated carbocycles. The van der Waals surface area contributed by atoms with Crippen LogP contribution in [0.4, 0.5) is 13.9 Å². The standard InChI is InChI=1S/C23H23F2N3O4S/c1-31-22(30)17-6-3-2-5-16(17)21(29)28(8-4-7-27-9-11-32-12-10-27)23-26-20-18(25)13-15(24)14-19(20)33-23/h2-3,5-6,13-14H,4,7-12H2,1H3. The van der Waals surface area contributed by atoms with Gasteiger partial charge in [-0.1, -0.05) is 23.5 Å². The largest absolute Gasteiger partial charge is 0.465 e. The molecule has 1 fully saturated rings. The van der Waals surface area contributed by atoms with Crippen molar-refractivity contribution in [2.45, 2.75) is 6.42 Å². The second-order valence-corrected chi connectivity index (χ2v) is 8.54. The van der Waals surface area contributed by atoms with Gasteiger partial charge in [-0.2, -0.15) is 0 Å². The lowest BCUT2D eigenvalue weighted by atomic mass is 10.1. The summed E-state index contributed by atoms with van der Waals surface area (Å²) in [4.78, 5) is 33.8. The van der Waals surface area contributed by atoms with Gasteiger partial charge in [-0.25, -0.2) is 18.6 Å². The molecular weight excluding hydrogens is 452 g/mol. The highest BCUT2D eigenvalue weighted by atomic mass is 32.1. The van der Waals surface area contributed by atoms with E-state index in [0.717, 1.165) is 37.0 Å². The Balaban J connectivity index is 1.66. The molecule has 0 atom stereocenters. The molecule has 33 heavy (non-hydrogen) atoms. The molecule has 0 bridgehead atoms. The van der Waals surface area contributed by atoms with Crippen molar-refractivity contribution < 1.29 is 27.8 Å². The van der Waals surface area contributed by atoms with E-state index in [2.05, 4.69) is 9.88 Å². The highest BCUT2D eigenvalue weighted by Crippen LogP contribution is 2.32. The van der Waals surface area contributed by atoms with Crippen molar-refractivity contribution in [3.8, 4) is 0 Å². The quantitative estimate of drug-likeness (QED) is 0.485. The summed E-state index contributed by atoms with van der Waals surface area (Å²) in [5.74, 6) is -2.60. The summed E-state index contributed by atoms with van der Waals surface area (Å²) in [6, 6.07) is 8.30. The Bertz CT molecular complexity index is 1160. The number of morpholine rings is 1. The maximum Gasteiger partial charge on any atom is 0.338 e. The van der Waals surface area contributed by atoms with Crippen molar-refractivity contribution in [3.63, 3.8) is 0 Å². The summed E-state index contributed by atoms with van der Waals surface area (Å²) in [6.45, 7) is 3.97. The lowest BCUT2D eigenvalue weighted by Gasteiger charge is -2.28. The fourth-order valence-electron chi connectivity index (χ4n) is 3.73. The Kier molecular flexibility index (Phi) is 7.26. The number of hydrogen-bond donors (Lipinski definition) is 0. The highest BCUT2D eigenvalue weighted by Gasteiger charge is 2.26. The van der Waals surface area contributed by atoms with Crippen LogP contribution < -0.4 is 4.90 Å². The lowest BCUT2D eigenvalue weighted by Crippen LogP contribution is -2.39. The van der Waals surface area contributed by atoms with Gasteiger partial charge >= 0.3 is 5.97 Å². The number of benzene rings is 2. The van der Waals surface area contributed by atoms with E-state index in [9.17, 15) is 18.4 Å². The van der Waals surface area contributed by atoms with Gasteiger partial charge in [0, 0.05) is 32.2 Å². The van der Waals surface area contributed by atoms with Crippen LogP contribution in [-0.4, -0.2) is 68.3 Å². The van der Waals surface area contributed by atoms with Gasteiger partial charge in [-0.05, 0) is 24.6 Å². The number of carbonyl (C=O) groups excluding carboxylic acids is 2. The van der Waals surface area contributed by atoms with Crippen molar-refractivity contribution in [2.75, 3.05) is 51.4 Å². The van der Waals surface area contributed by atoms with E-state index >= 15 is 0 Å². The van der Waals surface area contributed by atoms with E-state index in [0.29, 0.717) is 24.3 Å². The topological polar surface area (TPSA) is 72.0 Å². The van der Waals surface area contributed by atoms with Crippen LogP contribution >= 0.6 is 11.3 Å². The van der Waals surface area contributed by atoms with Gasteiger partial charge in [0.2, 0.25) is 0 Å². The zero-order valence-electron chi connectivity index (χ0n) is 18.1. The number of aromatic nitrogens is 1. The Morgan fingerprint density at radius 3 is 2.64 bits per heavy atom. The van der Waals surface area contributed by atoms with Gasteiger partial charge in [0.15, 0.2) is 10.9 Å². The van der Waals surface area contributed by atoms with Crippen LogP contribution in [0.5, 0.6) is 0 Å². The second-order valence-electron chi connectivity index (χ2n) is 7.53. The number of fused-ring (bicyclic) bond motifs is 1. The third-order valence-electron chi connectivity index (χ3n) is 5.40. The molecule has 0 aliphatic carbocycles. The number of anilines is 1. The van der Waals surface area contributed by atoms with E-state index in [4.69, 9.17) is 9.47 Å². The average molecular weight is 476 g/mol. The summed E-state index contributed by atoms with van der Waals surface area (Å²) in [5, 5.41) is 0.237. The smallest absolute Gasteiger partial charge is 0.338 e. The third kappa shape index (κ3) is 5.18. The predicted octanol–water partition coefficient (Wildman–Crippen LogP) is 3.73. The molecule has 0 N–H and O–H groups in total. The van der Waals surface area contributed by atoms with E-state index in [1.165, 1.54) is 30.2 Å². The number of hydrogen-bond acceptors (Lipinski definition) is 7. The van der Waals surface area contributed by atoms with Crippen LogP contribution in [0.1, 0.15) is 27.1 Å². The van der Waals surface area contributed by atoms with E-state index in [1.54, 1.807) is 12.1 Å². The first-order chi connectivity index (χ1) is 16.0. The fraction of sp³-hybridized carbons (Fsp3) is 0.348. The van der Waals surface area contributed by atoms with Gasteiger partial charge in [-0.15, -0.1) is 0 Å². The minimum absolute atomic E-state index is 0.00336. The number of thiazole rings is 1. The van der Waals surface area contributed by atoms with Crippen molar-refractivity contribution in [3.05, 3.63) is 59.2 Å². The number of amides is 1. The maximum atomic E-state index is 14.3. The zero-order chi connectivity index (χ0) is 23.4. The summed E-state index contributed by atoms with van der Waals surface area (Å²) in [6.07, 6.45) is 0.624. The SMILES string of the molecule is COC(=O)c1ccccc1C(=O)N(CCCN1CCOCC1)c1nc2c(F)cc(F)cc2s1. The van der Waals surface area contributed by atoms with Crippen LogP contribution in [0, 0.1) is 11.6 Å². The molecule has 4 rings (SSSR count). The first kappa shape index (κ1) is 23.2. The molecule has 1 saturated heterocycles. The summed E-state index contributed by atoms with van der Waals surface area (Å²) in [5.41, 5.74) is 0.284. The molecule has 2 aromatic carbocycles. The number of methoxy groups -OCH3 is 1. The number of halogens is 2. The zero-order valence-corrected chi connectivity index (χ0v) is 18.9. The van der Waals surface area contributed by atoms with E-state index in [-0.39, 0.29) is 28.3 Å². The van der Waals surface area contributed by atoms with Gasteiger partial charge in [-0.3, -0.25) is 14.6 Å². The third-order valence-corrected chi connectivity index (χ3v) is 6.43. The van der Waals surface area contributed by atoms with Crippen molar-refractivity contribution in [1.29, 1.82) is 0 Å². The molecule has 1 aliphatic rings. The van der Waals surface area contributed by atoms with E-state index < -0.39 is 23.5 Å². The molecule has 1 aliphatic heterocycles. The van der Waals surface area contributed by atoms with Gasteiger partial charge in [0.05, 0.1) is 36.2 Å². The van der Waals surface area contributed by atoms with Crippen LogP contribution in [0.15, 0.2) is 36.4 Å². The molecule has 174 valence electrons. The molecule has 10 heteroatoms. The molecule has 0 unspecified atom stereocenters. The molecule has 0 radical (unpaired) electrons. The summed E-state index contributed by atoms with van der Waals surface area (Å²) < 4.78 is 38.5. The summed E-state index contributed by atoms with van der Waals surface area (Å²) >= 11 is 1.03. The molecule has 2 heterocycles. The molecule has 3 aromatic rings. The van der Waals surface area contributed by atoms with Crippen molar-refractivity contribution in [2.24, 2.45) is 0 Å². The predicted molar refractivity (Wildman–Crippen MR) is 121 cm³/mol. The van der Waals surface area contributed by atoms with Crippen molar-refractivity contribution in [1.82, 2.24) is 9.88 Å². The number of carbonyl (C=O) groups is 2. The second kappa shape index (κ2) is 10.3. The molecule has 1 amide bonds. The molecule has 7 nitrogen and oxygen atoms in total. The van der Waals surface area contributed by atoms with Gasteiger partial charge in [0.25, 0.3) is 5.91 Å². The number of ether oxygens (including phenoxy) is 2. The minimum atomic E-state index is -0.789. The monoisotopic (exact) mass is 475 g/mol. The molecule has 0 spiro atoms. The van der Waals surface area contributed by atoms with Crippen LogP contribution in [-0.2, 0) is 9.47 Å². The first-order valence-corrected chi connectivity index (χ1v) is 11.3. The minimum Gasteiger partial charge on any atom is -0.465 e. The Morgan fingerprint density at radius 2 is 1.91 bits per heavy atom. The Hall–Kier alpha value is -2.95. The Morgan fingerprint density at radius 1 is 1.18 bits per heavy atom. The first-order valence-electron chi connectivity index (χ1n) is 10.5. The maximum absolute atomic E-state index is 14.3. The van der Waals surface area contributed by atoms with Crippen LogP contribution in [0.3, 0.4) is 0 Å². The van der Waals surface area contributed by atoms with Crippen LogP contribution in [0.25, 0.3) is 10.2 Å². The Labute approximate surface area is 193 Å². The number of esters is 1. The number of nitrogens with zero attached hydrogens (tertiary/aromatic N) is 3.